The number of halogens is 2. The fraction of sp³-hybridized carbons (Fsp3) is 0.565. The fourth-order valence-corrected chi connectivity index (χ4v) is 5.16. The zero-order valence-electron chi connectivity index (χ0n) is 19.6. The third-order valence-electron chi connectivity index (χ3n) is 6.21. The van der Waals surface area contributed by atoms with Crippen molar-refractivity contribution in [2.24, 2.45) is 0 Å². The van der Waals surface area contributed by atoms with Crippen molar-refractivity contribution in [3.8, 4) is 5.75 Å². The molecule has 1 saturated heterocycles. The molecule has 1 atom stereocenters. The van der Waals surface area contributed by atoms with Gasteiger partial charge in [0.25, 0.3) is 0 Å². The molecule has 0 aliphatic carbocycles. The lowest BCUT2D eigenvalue weighted by molar-refractivity contribution is 0.163. The van der Waals surface area contributed by atoms with Gasteiger partial charge < -0.3 is 15.0 Å². The maximum atomic E-state index is 14.0. The molecule has 11 heteroatoms. The molecule has 8 nitrogen and oxygen atoms in total. The normalized spacial score (nSPS) is 19.5. The molecule has 34 heavy (non-hydrogen) atoms. The Labute approximate surface area is 200 Å². The fourth-order valence-electron chi connectivity index (χ4n) is 4.48. The highest BCUT2D eigenvalue weighted by atomic mass is 32.2. The van der Waals surface area contributed by atoms with E-state index in [9.17, 15) is 17.2 Å². The Morgan fingerprint density at radius 2 is 1.91 bits per heavy atom. The summed E-state index contributed by atoms with van der Waals surface area (Å²) in [6.07, 6.45) is 1.75. The van der Waals surface area contributed by atoms with Crippen molar-refractivity contribution in [1.29, 1.82) is 0 Å². The monoisotopic (exact) mass is 495 g/mol. The summed E-state index contributed by atoms with van der Waals surface area (Å²) in [5.41, 5.74) is 1.70. The minimum absolute atomic E-state index is 0.00161. The van der Waals surface area contributed by atoms with E-state index in [1.54, 1.807) is 0 Å². The summed E-state index contributed by atoms with van der Waals surface area (Å²) in [5, 5.41) is 3.40. The van der Waals surface area contributed by atoms with Gasteiger partial charge in [0.1, 0.15) is 11.9 Å². The molecular formula is C23H31F2N5O3S. The van der Waals surface area contributed by atoms with Gasteiger partial charge in [0.2, 0.25) is 0 Å². The van der Waals surface area contributed by atoms with Crippen LogP contribution >= 0.6 is 0 Å². The molecule has 4 rings (SSSR count). The zero-order valence-corrected chi connectivity index (χ0v) is 20.5. The Kier molecular flexibility index (Phi) is 7.51. The maximum absolute atomic E-state index is 14.0. The topological polar surface area (TPSA) is 87.7 Å². The molecular weight excluding hydrogens is 464 g/mol. The summed E-state index contributed by atoms with van der Waals surface area (Å²) >= 11 is 0. The number of ether oxygens (including phenoxy) is 1. The van der Waals surface area contributed by atoms with Gasteiger partial charge in [0.05, 0.1) is 23.3 Å². The molecule has 2 aliphatic heterocycles. The van der Waals surface area contributed by atoms with Crippen LogP contribution in [0.1, 0.15) is 51.0 Å². The van der Waals surface area contributed by atoms with Crippen molar-refractivity contribution < 1.29 is 21.9 Å². The average Bonchev–Trinajstić information content (AvgIpc) is 2.77. The Morgan fingerprint density at radius 1 is 1.18 bits per heavy atom. The summed E-state index contributed by atoms with van der Waals surface area (Å²) in [7, 11) is -2.51. The van der Waals surface area contributed by atoms with Gasteiger partial charge in [0.15, 0.2) is 33.9 Å². The number of nitrogens with zero attached hydrogens (tertiary/aromatic N) is 4. The van der Waals surface area contributed by atoms with Gasteiger partial charge in [-0.1, -0.05) is 0 Å². The van der Waals surface area contributed by atoms with Crippen LogP contribution in [0.25, 0.3) is 0 Å². The Hall–Kier alpha value is -2.53. The van der Waals surface area contributed by atoms with Crippen molar-refractivity contribution in [1.82, 2.24) is 14.9 Å². The molecule has 186 valence electrons. The van der Waals surface area contributed by atoms with E-state index in [1.165, 1.54) is 12.1 Å². The second-order valence-corrected chi connectivity index (χ2v) is 10.1. The van der Waals surface area contributed by atoms with Gasteiger partial charge in [-0.15, -0.1) is 0 Å². The van der Waals surface area contributed by atoms with E-state index < -0.39 is 22.3 Å². The van der Waals surface area contributed by atoms with Crippen LogP contribution in [-0.4, -0.2) is 60.9 Å². The second kappa shape index (κ2) is 10.4. The second-order valence-electron chi connectivity index (χ2n) is 9.12. The van der Waals surface area contributed by atoms with E-state index in [1.807, 2.05) is 25.7 Å². The van der Waals surface area contributed by atoms with Crippen molar-refractivity contribution in [3.63, 3.8) is 0 Å². The summed E-state index contributed by atoms with van der Waals surface area (Å²) in [6.45, 7) is 7.93. The Bertz CT molecular complexity index is 1100. The molecule has 1 unspecified atom stereocenters. The van der Waals surface area contributed by atoms with Crippen LogP contribution in [0.15, 0.2) is 18.2 Å². The lowest BCUT2D eigenvalue weighted by Gasteiger charge is -2.37. The lowest BCUT2D eigenvalue weighted by atomic mass is 10.0. The number of piperidine rings is 1. The summed E-state index contributed by atoms with van der Waals surface area (Å²) < 4.78 is 55.6. The van der Waals surface area contributed by atoms with Gasteiger partial charge in [-0.3, -0.25) is 4.90 Å². The van der Waals surface area contributed by atoms with Gasteiger partial charge >= 0.3 is 0 Å². The summed E-state index contributed by atoms with van der Waals surface area (Å²) in [5.74, 6) is 0.172. The molecule has 1 aromatic heterocycles. The zero-order chi connectivity index (χ0) is 24.4. The van der Waals surface area contributed by atoms with Crippen molar-refractivity contribution in [2.75, 3.05) is 35.7 Å². The summed E-state index contributed by atoms with van der Waals surface area (Å²) in [6, 6.07) is 3.34. The molecule has 2 aromatic rings. The van der Waals surface area contributed by atoms with Crippen molar-refractivity contribution in [3.05, 3.63) is 41.2 Å². The number of fused-ring (bicyclic) bond motifs is 1. The molecule has 2 aliphatic rings. The number of anilines is 2. The van der Waals surface area contributed by atoms with Crippen LogP contribution in [0.5, 0.6) is 5.75 Å². The smallest absolute Gasteiger partial charge is 0.172 e. The van der Waals surface area contributed by atoms with Gasteiger partial charge in [0, 0.05) is 51.0 Å². The van der Waals surface area contributed by atoms with Crippen LogP contribution < -0.4 is 15.0 Å². The van der Waals surface area contributed by atoms with Crippen LogP contribution in [0.3, 0.4) is 0 Å². The van der Waals surface area contributed by atoms with Gasteiger partial charge in [-0.2, -0.15) is 0 Å². The van der Waals surface area contributed by atoms with E-state index in [-0.39, 0.29) is 29.8 Å². The highest BCUT2D eigenvalue weighted by Gasteiger charge is 2.31. The standard InChI is InChI=1S/C23H31F2N5O3S/c1-14(2)26-22-23(28-21-15(3)30(13-34(31)32)11-8-19(21)27-22)29-9-6-17(7-10-29)33-20-5-4-16(24)12-18(20)25/h4-5,12,14-15,17,34H,6-11,13H2,1-3H3,(H,26,27). The third kappa shape index (κ3) is 5.57. The minimum Gasteiger partial charge on any atom is -0.487 e. The molecule has 0 amide bonds. The number of nitrogens with one attached hydrogen (secondary N) is 1. The average molecular weight is 496 g/mol. The number of hydrogen-bond donors (Lipinski definition) is 2. The first-order valence-electron chi connectivity index (χ1n) is 11.6. The first-order valence-corrected chi connectivity index (χ1v) is 13.0. The molecule has 0 bridgehead atoms. The van der Waals surface area contributed by atoms with E-state index in [0.717, 1.165) is 23.3 Å². The van der Waals surface area contributed by atoms with Crippen LogP contribution in [0.4, 0.5) is 20.4 Å². The largest absolute Gasteiger partial charge is 0.487 e. The highest BCUT2D eigenvalue weighted by Crippen LogP contribution is 2.34. The van der Waals surface area contributed by atoms with E-state index >= 15 is 0 Å². The molecule has 0 spiro atoms. The molecule has 3 heterocycles. The predicted molar refractivity (Wildman–Crippen MR) is 127 cm³/mol. The number of benzene rings is 1. The quantitative estimate of drug-likeness (QED) is 0.567. The first kappa shape index (κ1) is 24.6. The van der Waals surface area contributed by atoms with Gasteiger partial charge in [-0.05, 0) is 32.9 Å². The number of rotatable bonds is 7. The SMILES string of the molecule is CC(C)Nc1nc2c(nc1N1CCC(Oc3ccc(F)cc3F)CC1)C(C)N(C[SH](=O)=O)CC2. The lowest BCUT2D eigenvalue weighted by Crippen LogP contribution is -2.41. The van der Waals surface area contributed by atoms with Crippen LogP contribution in [-0.2, 0) is 17.1 Å². The molecule has 0 saturated carbocycles. The first-order chi connectivity index (χ1) is 16.2. The number of aromatic nitrogens is 2. The Balaban J connectivity index is 1.53. The van der Waals surface area contributed by atoms with E-state index in [2.05, 4.69) is 10.2 Å². The minimum atomic E-state index is -2.51. The third-order valence-corrected chi connectivity index (χ3v) is 6.81. The van der Waals surface area contributed by atoms with E-state index in [0.29, 0.717) is 44.7 Å². The van der Waals surface area contributed by atoms with Crippen molar-refractivity contribution in [2.45, 2.75) is 58.2 Å². The number of thiol groups is 1. The maximum Gasteiger partial charge on any atom is 0.172 e. The number of hydrogen-bond acceptors (Lipinski definition) is 8. The summed E-state index contributed by atoms with van der Waals surface area (Å²) in [4.78, 5) is 13.9. The highest BCUT2D eigenvalue weighted by molar-refractivity contribution is 7.72. The van der Waals surface area contributed by atoms with Gasteiger partial charge in [-0.25, -0.2) is 27.2 Å². The molecule has 0 radical (unpaired) electrons. The molecule has 1 fully saturated rings. The van der Waals surface area contributed by atoms with Crippen molar-refractivity contribution >= 4 is 22.3 Å². The van der Waals surface area contributed by atoms with Crippen LogP contribution in [0.2, 0.25) is 0 Å². The molecule has 1 N–H and O–H groups in total. The Morgan fingerprint density at radius 3 is 2.56 bits per heavy atom. The van der Waals surface area contributed by atoms with Crippen LogP contribution in [0, 0.1) is 11.6 Å². The predicted octanol–water partition coefficient (Wildman–Crippen LogP) is 3.11. The van der Waals surface area contributed by atoms with E-state index in [4.69, 9.17) is 14.7 Å². The molecule has 1 aromatic carbocycles.